The standard InChI is InChI=1S/C20H28FN5O/c1-15(2)22-20(27)19-14-26(24-23-19)13-18-11-17(21)12-25(18)10-6-9-16-7-4-3-5-8-16/h3-5,7-8,14-15,17-18H,6,9-13H2,1-2H3,(H,22,27). The van der Waals surface area contributed by atoms with Crippen LogP contribution in [0.25, 0.3) is 0 Å². The van der Waals surface area contributed by atoms with Crippen LogP contribution in [0.5, 0.6) is 0 Å². The number of aromatic nitrogens is 3. The molecular weight excluding hydrogens is 345 g/mol. The third kappa shape index (κ3) is 5.60. The molecule has 2 aromatic rings. The molecule has 146 valence electrons. The summed E-state index contributed by atoms with van der Waals surface area (Å²) in [5.74, 6) is -0.231. The maximum absolute atomic E-state index is 14.0. The largest absolute Gasteiger partial charge is 0.348 e. The monoisotopic (exact) mass is 373 g/mol. The minimum atomic E-state index is -0.807. The van der Waals surface area contributed by atoms with E-state index in [-0.39, 0.29) is 18.0 Å². The van der Waals surface area contributed by atoms with Crippen molar-refractivity contribution in [1.29, 1.82) is 0 Å². The average Bonchev–Trinajstić information content (AvgIpc) is 3.22. The summed E-state index contributed by atoms with van der Waals surface area (Å²) in [6.07, 6.45) is 3.32. The minimum absolute atomic E-state index is 0.0462. The van der Waals surface area contributed by atoms with Crippen molar-refractivity contribution in [2.45, 2.75) is 57.9 Å². The number of carbonyl (C=O) groups is 1. The molecule has 1 amide bonds. The fourth-order valence-electron chi connectivity index (χ4n) is 3.56. The van der Waals surface area contributed by atoms with E-state index in [0.29, 0.717) is 25.2 Å². The molecule has 27 heavy (non-hydrogen) atoms. The summed E-state index contributed by atoms with van der Waals surface area (Å²) in [4.78, 5) is 14.2. The summed E-state index contributed by atoms with van der Waals surface area (Å²) in [5.41, 5.74) is 1.61. The van der Waals surface area contributed by atoms with E-state index in [1.54, 1.807) is 10.9 Å². The van der Waals surface area contributed by atoms with Crippen molar-refractivity contribution >= 4 is 5.91 Å². The second kappa shape index (κ2) is 9.08. The molecule has 1 saturated heterocycles. The van der Waals surface area contributed by atoms with Gasteiger partial charge in [0.15, 0.2) is 5.69 Å². The van der Waals surface area contributed by atoms with Crippen molar-refractivity contribution in [2.75, 3.05) is 13.1 Å². The van der Waals surface area contributed by atoms with Gasteiger partial charge in [-0.2, -0.15) is 0 Å². The first-order chi connectivity index (χ1) is 13.0. The molecule has 7 heteroatoms. The van der Waals surface area contributed by atoms with Crippen LogP contribution >= 0.6 is 0 Å². The van der Waals surface area contributed by atoms with Gasteiger partial charge in [0.25, 0.3) is 5.91 Å². The number of carbonyl (C=O) groups excluding carboxylic acids is 1. The first-order valence-electron chi connectivity index (χ1n) is 9.64. The summed E-state index contributed by atoms with van der Waals surface area (Å²) in [7, 11) is 0. The van der Waals surface area contributed by atoms with Gasteiger partial charge < -0.3 is 5.32 Å². The summed E-state index contributed by atoms with van der Waals surface area (Å²) in [6.45, 7) is 5.67. The number of aryl methyl sites for hydroxylation is 1. The Labute approximate surface area is 159 Å². The van der Waals surface area contributed by atoms with Crippen LogP contribution < -0.4 is 5.32 Å². The molecule has 1 fully saturated rings. The van der Waals surface area contributed by atoms with Gasteiger partial charge in [-0.25, -0.2) is 4.39 Å². The molecule has 6 nitrogen and oxygen atoms in total. The topological polar surface area (TPSA) is 63.1 Å². The number of nitrogens with one attached hydrogen (secondary N) is 1. The molecule has 0 radical (unpaired) electrons. The molecule has 2 heterocycles. The van der Waals surface area contributed by atoms with E-state index in [9.17, 15) is 9.18 Å². The maximum Gasteiger partial charge on any atom is 0.273 e. The Balaban J connectivity index is 1.53. The van der Waals surface area contributed by atoms with Crippen LogP contribution in [0.1, 0.15) is 42.7 Å². The van der Waals surface area contributed by atoms with Gasteiger partial charge in [-0.3, -0.25) is 14.4 Å². The number of hydrogen-bond donors (Lipinski definition) is 1. The zero-order valence-electron chi connectivity index (χ0n) is 16.0. The first kappa shape index (κ1) is 19.5. The number of hydrogen-bond acceptors (Lipinski definition) is 4. The third-order valence-electron chi connectivity index (χ3n) is 4.82. The van der Waals surface area contributed by atoms with Crippen molar-refractivity contribution in [2.24, 2.45) is 0 Å². The van der Waals surface area contributed by atoms with Gasteiger partial charge in [0.2, 0.25) is 0 Å². The lowest BCUT2D eigenvalue weighted by Gasteiger charge is -2.23. The smallest absolute Gasteiger partial charge is 0.273 e. The highest BCUT2D eigenvalue weighted by Crippen LogP contribution is 2.22. The van der Waals surface area contributed by atoms with Crippen LogP contribution in [0.4, 0.5) is 4.39 Å². The number of likely N-dealkylation sites (tertiary alicyclic amines) is 1. The molecule has 1 aliphatic heterocycles. The molecule has 1 aliphatic rings. The number of alkyl halides is 1. The van der Waals surface area contributed by atoms with E-state index in [0.717, 1.165) is 19.4 Å². The SMILES string of the molecule is CC(C)NC(=O)c1cn(CC2CC(F)CN2CCCc2ccccc2)nn1. The lowest BCUT2D eigenvalue weighted by molar-refractivity contribution is 0.0938. The van der Waals surface area contributed by atoms with Gasteiger partial charge in [-0.05, 0) is 45.2 Å². The van der Waals surface area contributed by atoms with Crippen molar-refractivity contribution in [3.8, 4) is 0 Å². The predicted molar refractivity (Wildman–Crippen MR) is 102 cm³/mol. The van der Waals surface area contributed by atoms with Crippen molar-refractivity contribution in [1.82, 2.24) is 25.2 Å². The fourth-order valence-corrected chi connectivity index (χ4v) is 3.56. The molecular formula is C20H28FN5O. The third-order valence-corrected chi connectivity index (χ3v) is 4.82. The Hall–Kier alpha value is -2.28. The average molecular weight is 373 g/mol. The Morgan fingerprint density at radius 2 is 2.11 bits per heavy atom. The van der Waals surface area contributed by atoms with Crippen molar-refractivity contribution in [3.63, 3.8) is 0 Å². The highest BCUT2D eigenvalue weighted by atomic mass is 19.1. The fraction of sp³-hybridized carbons (Fsp3) is 0.550. The quantitative estimate of drug-likeness (QED) is 0.772. The summed E-state index contributed by atoms with van der Waals surface area (Å²) in [6, 6.07) is 10.5. The van der Waals surface area contributed by atoms with Crippen LogP contribution in [-0.4, -0.2) is 57.1 Å². The van der Waals surface area contributed by atoms with Gasteiger partial charge in [-0.15, -0.1) is 5.10 Å². The number of rotatable bonds is 8. The molecule has 2 atom stereocenters. The molecule has 0 aliphatic carbocycles. The second-order valence-electron chi connectivity index (χ2n) is 7.52. The summed E-state index contributed by atoms with van der Waals surface area (Å²) < 4.78 is 15.7. The minimum Gasteiger partial charge on any atom is -0.348 e. The van der Waals surface area contributed by atoms with Gasteiger partial charge >= 0.3 is 0 Å². The van der Waals surface area contributed by atoms with E-state index in [1.165, 1.54) is 5.56 Å². The first-order valence-corrected chi connectivity index (χ1v) is 9.64. The highest BCUT2D eigenvalue weighted by molar-refractivity contribution is 5.91. The van der Waals surface area contributed by atoms with Gasteiger partial charge in [0, 0.05) is 18.6 Å². The molecule has 0 bridgehead atoms. The molecule has 0 saturated carbocycles. The molecule has 1 aromatic heterocycles. The molecule has 1 aromatic carbocycles. The number of halogens is 1. The van der Waals surface area contributed by atoms with Gasteiger partial charge in [0.1, 0.15) is 6.17 Å². The highest BCUT2D eigenvalue weighted by Gasteiger charge is 2.32. The van der Waals surface area contributed by atoms with Crippen LogP contribution in [0.15, 0.2) is 36.5 Å². The Morgan fingerprint density at radius 1 is 1.33 bits per heavy atom. The molecule has 1 N–H and O–H groups in total. The number of benzene rings is 1. The number of nitrogens with zero attached hydrogens (tertiary/aromatic N) is 4. The summed E-state index contributed by atoms with van der Waals surface area (Å²) in [5, 5.41) is 10.8. The van der Waals surface area contributed by atoms with E-state index in [4.69, 9.17) is 0 Å². The Morgan fingerprint density at radius 3 is 2.85 bits per heavy atom. The lowest BCUT2D eigenvalue weighted by Crippen LogP contribution is -2.34. The van der Waals surface area contributed by atoms with E-state index in [2.05, 4.69) is 32.7 Å². The number of amides is 1. The molecule has 2 unspecified atom stereocenters. The summed E-state index contributed by atoms with van der Waals surface area (Å²) >= 11 is 0. The normalized spacial score (nSPS) is 20.3. The van der Waals surface area contributed by atoms with Crippen molar-refractivity contribution in [3.05, 3.63) is 47.8 Å². The molecule has 3 rings (SSSR count). The lowest BCUT2D eigenvalue weighted by atomic mass is 10.1. The van der Waals surface area contributed by atoms with Crippen LogP contribution in [0, 0.1) is 0 Å². The van der Waals surface area contributed by atoms with Crippen LogP contribution in [0.3, 0.4) is 0 Å². The Kier molecular flexibility index (Phi) is 6.55. The Bertz CT molecular complexity index is 733. The van der Waals surface area contributed by atoms with Crippen LogP contribution in [-0.2, 0) is 13.0 Å². The maximum atomic E-state index is 14.0. The zero-order chi connectivity index (χ0) is 19.2. The van der Waals surface area contributed by atoms with E-state index < -0.39 is 6.17 Å². The predicted octanol–water partition coefficient (Wildman–Crippen LogP) is 2.46. The van der Waals surface area contributed by atoms with Crippen LogP contribution in [0.2, 0.25) is 0 Å². The zero-order valence-corrected chi connectivity index (χ0v) is 16.0. The van der Waals surface area contributed by atoms with E-state index in [1.807, 2.05) is 32.0 Å². The van der Waals surface area contributed by atoms with Crippen molar-refractivity contribution < 1.29 is 9.18 Å². The second-order valence-corrected chi connectivity index (χ2v) is 7.52. The van der Waals surface area contributed by atoms with E-state index >= 15 is 0 Å². The van der Waals surface area contributed by atoms with Gasteiger partial charge in [0.05, 0.1) is 12.7 Å². The van der Waals surface area contributed by atoms with Gasteiger partial charge in [-0.1, -0.05) is 35.5 Å². The molecule has 0 spiro atoms.